The zero-order valence-corrected chi connectivity index (χ0v) is 27.7. The van der Waals surface area contributed by atoms with E-state index in [1.165, 1.54) is 18.2 Å². The van der Waals surface area contributed by atoms with Crippen molar-refractivity contribution in [2.24, 2.45) is 5.92 Å². The molecule has 1 aliphatic rings. The minimum Gasteiger partial charge on any atom is -0.478 e. The molecule has 0 bridgehead atoms. The standard InChI is InChI=1S/C32H42N4O6S.ClH/c1-19(2)13-25(33-24-15-26(16-24)42-20(3)4)18-41-29-17-28(30-21(5)9-7-10-22(30)6)34-32(35-29)36-43(39,40)27-12-8-11-23(14-27)31(37)38;/h7-12,14,17,19-20,24-26,33H,13,15-16,18H2,1-6H3,(H,37,38)(H,34,35,36);1H/t24?,25-,26?;/m1./s1. The van der Waals surface area contributed by atoms with Crippen LogP contribution in [0.15, 0.2) is 53.4 Å². The summed E-state index contributed by atoms with van der Waals surface area (Å²) in [6.07, 6.45) is 3.27. The summed E-state index contributed by atoms with van der Waals surface area (Å²) in [6, 6.07) is 13.1. The van der Waals surface area contributed by atoms with Crippen LogP contribution in [-0.4, -0.2) is 60.4 Å². The number of nitrogens with one attached hydrogen (secondary N) is 2. The van der Waals surface area contributed by atoms with Crippen molar-refractivity contribution in [2.75, 3.05) is 11.3 Å². The maximum absolute atomic E-state index is 13.3. The highest BCUT2D eigenvalue weighted by Crippen LogP contribution is 2.30. The minimum atomic E-state index is -4.20. The molecule has 0 saturated heterocycles. The molecule has 12 heteroatoms. The van der Waals surface area contributed by atoms with Crippen LogP contribution in [0.4, 0.5) is 5.95 Å². The number of nitrogens with zero attached hydrogens (tertiary/aromatic N) is 2. The number of benzene rings is 2. The number of carboxylic acids is 1. The fraction of sp³-hybridized carbons (Fsp3) is 0.469. The summed E-state index contributed by atoms with van der Waals surface area (Å²) >= 11 is 0. The van der Waals surface area contributed by atoms with Crippen molar-refractivity contribution in [1.82, 2.24) is 15.3 Å². The molecule has 1 fully saturated rings. The lowest BCUT2D eigenvalue weighted by Gasteiger charge is -2.39. The van der Waals surface area contributed by atoms with Gasteiger partial charge in [-0.3, -0.25) is 0 Å². The van der Waals surface area contributed by atoms with Gasteiger partial charge in [-0.2, -0.15) is 4.98 Å². The first-order chi connectivity index (χ1) is 20.3. The smallest absolute Gasteiger partial charge is 0.335 e. The fourth-order valence-electron chi connectivity index (χ4n) is 5.34. The van der Waals surface area contributed by atoms with E-state index >= 15 is 0 Å². The maximum atomic E-state index is 13.3. The first-order valence-corrected chi connectivity index (χ1v) is 16.1. The van der Waals surface area contributed by atoms with Crippen LogP contribution in [0.25, 0.3) is 11.3 Å². The summed E-state index contributed by atoms with van der Waals surface area (Å²) in [5.74, 6) is -0.731. The van der Waals surface area contributed by atoms with E-state index in [9.17, 15) is 18.3 Å². The molecule has 44 heavy (non-hydrogen) atoms. The average molecular weight is 647 g/mol. The van der Waals surface area contributed by atoms with Gasteiger partial charge in [0.05, 0.1) is 28.4 Å². The van der Waals surface area contributed by atoms with E-state index in [1.807, 2.05) is 45.9 Å². The molecule has 1 saturated carbocycles. The van der Waals surface area contributed by atoms with Crippen LogP contribution < -0.4 is 14.8 Å². The lowest BCUT2D eigenvalue weighted by molar-refractivity contribution is -0.0526. The Bertz CT molecular complexity index is 1520. The van der Waals surface area contributed by atoms with E-state index < -0.39 is 16.0 Å². The lowest BCUT2D eigenvalue weighted by Crippen LogP contribution is -2.51. The number of rotatable bonds is 14. The van der Waals surface area contributed by atoms with Crippen LogP contribution in [0.1, 0.15) is 68.4 Å². The largest absolute Gasteiger partial charge is 0.478 e. The van der Waals surface area contributed by atoms with Crippen molar-refractivity contribution in [3.63, 3.8) is 0 Å². The second kappa shape index (κ2) is 15.2. The van der Waals surface area contributed by atoms with E-state index in [0.717, 1.165) is 42.0 Å². The molecule has 2 aromatic carbocycles. The Hall–Kier alpha value is -3.25. The van der Waals surface area contributed by atoms with Crippen LogP contribution in [0.2, 0.25) is 0 Å². The Kier molecular flexibility index (Phi) is 12.1. The Morgan fingerprint density at radius 2 is 1.68 bits per heavy atom. The molecule has 3 N–H and O–H groups in total. The number of halogens is 1. The Morgan fingerprint density at radius 1 is 1.02 bits per heavy atom. The number of carboxylic acid groups (broad SMARTS) is 1. The van der Waals surface area contributed by atoms with Crippen molar-refractivity contribution in [3.8, 4) is 17.1 Å². The molecule has 0 amide bonds. The number of ether oxygens (including phenoxy) is 2. The van der Waals surface area contributed by atoms with Crippen LogP contribution in [0, 0.1) is 19.8 Å². The number of sulfonamides is 1. The van der Waals surface area contributed by atoms with Crippen LogP contribution in [0.5, 0.6) is 5.88 Å². The molecule has 10 nitrogen and oxygen atoms in total. The third-order valence-electron chi connectivity index (χ3n) is 7.28. The van der Waals surface area contributed by atoms with E-state index in [1.54, 1.807) is 6.07 Å². The van der Waals surface area contributed by atoms with Gasteiger partial charge in [-0.05, 0) is 82.2 Å². The van der Waals surface area contributed by atoms with E-state index in [-0.39, 0.29) is 52.9 Å². The van der Waals surface area contributed by atoms with E-state index in [0.29, 0.717) is 24.3 Å². The first kappa shape index (κ1) is 35.2. The molecule has 1 aromatic heterocycles. The van der Waals surface area contributed by atoms with Gasteiger partial charge in [0.1, 0.15) is 6.61 Å². The summed E-state index contributed by atoms with van der Waals surface area (Å²) in [7, 11) is -4.20. The number of hydrogen-bond donors (Lipinski definition) is 3. The van der Waals surface area contributed by atoms with Crippen molar-refractivity contribution in [2.45, 2.75) is 90.0 Å². The Balaban J connectivity index is 0.00000529. The van der Waals surface area contributed by atoms with Crippen LogP contribution in [-0.2, 0) is 14.8 Å². The van der Waals surface area contributed by atoms with Crippen LogP contribution in [0.3, 0.4) is 0 Å². The summed E-state index contributed by atoms with van der Waals surface area (Å²) in [4.78, 5) is 20.2. The van der Waals surface area contributed by atoms with Crippen LogP contribution >= 0.6 is 12.4 Å². The van der Waals surface area contributed by atoms with Gasteiger partial charge >= 0.3 is 5.97 Å². The van der Waals surface area contributed by atoms with Crippen molar-refractivity contribution in [1.29, 1.82) is 0 Å². The molecule has 240 valence electrons. The van der Waals surface area contributed by atoms with Gasteiger partial charge in [0, 0.05) is 23.7 Å². The zero-order valence-electron chi connectivity index (χ0n) is 26.0. The van der Waals surface area contributed by atoms with Gasteiger partial charge in [-0.15, -0.1) is 12.4 Å². The summed E-state index contributed by atoms with van der Waals surface area (Å²) in [6.45, 7) is 12.7. The van der Waals surface area contributed by atoms with Crippen molar-refractivity contribution < 1.29 is 27.8 Å². The Labute approximate surface area is 266 Å². The molecular weight excluding hydrogens is 604 g/mol. The molecular formula is C32H43ClN4O6S. The van der Waals surface area contributed by atoms with Gasteiger partial charge in [0.25, 0.3) is 10.0 Å². The second-order valence-corrected chi connectivity index (χ2v) is 13.6. The predicted molar refractivity (Wildman–Crippen MR) is 173 cm³/mol. The molecule has 3 aromatic rings. The number of aromatic nitrogens is 2. The SMILES string of the molecule is Cc1cccc(C)c1-c1cc(OC[C@@H](CC(C)C)NC2CC(OC(C)C)C2)nc(NS(=O)(=O)c2cccc(C(=O)O)c2)n1.Cl. The third kappa shape index (κ3) is 9.37. The fourth-order valence-corrected chi connectivity index (χ4v) is 6.33. The normalized spacial score (nSPS) is 17.1. The first-order valence-electron chi connectivity index (χ1n) is 14.7. The molecule has 0 spiro atoms. The molecule has 0 aliphatic heterocycles. The molecule has 0 unspecified atom stereocenters. The summed E-state index contributed by atoms with van der Waals surface area (Å²) in [5, 5.41) is 13.0. The van der Waals surface area contributed by atoms with Crippen molar-refractivity contribution in [3.05, 3.63) is 65.2 Å². The van der Waals surface area contributed by atoms with Gasteiger partial charge in [0.2, 0.25) is 11.8 Å². The number of hydrogen-bond acceptors (Lipinski definition) is 8. The maximum Gasteiger partial charge on any atom is 0.335 e. The molecule has 1 aliphatic carbocycles. The third-order valence-corrected chi connectivity index (χ3v) is 8.60. The second-order valence-electron chi connectivity index (χ2n) is 11.9. The molecule has 0 radical (unpaired) electrons. The summed E-state index contributed by atoms with van der Waals surface area (Å²) in [5.41, 5.74) is 3.16. The Morgan fingerprint density at radius 3 is 2.30 bits per heavy atom. The van der Waals surface area contributed by atoms with Crippen molar-refractivity contribution >= 4 is 34.3 Å². The minimum absolute atomic E-state index is 0. The topological polar surface area (TPSA) is 140 Å². The monoisotopic (exact) mass is 646 g/mol. The summed E-state index contributed by atoms with van der Waals surface area (Å²) < 4.78 is 41.1. The molecule has 4 rings (SSSR count). The predicted octanol–water partition coefficient (Wildman–Crippen LogP) is 6.02. The van der Waals surface area contributed by atoms with Gasteiger partial charge in [-0.25, -0.2) is 22.9 Å². The number of aromatic carboxylic acids is 1. The number of carbonyl (C=O) groups is 1. The van der Waals surface area contributed by atoms with Gasteiger partial charge in [-0.1, -0.05) is 38.1 Å². The highest BCUT2D eigenvalue weighted by molar-refractivity contribution is 7.92. The average Bonchev–Trinajstić information content (AvgIpc) is 2.89. The number of aryl methyl sites for hydroxylation is 2. The lowest BCUT2D eigenvalue weighted by atomic mass is 9.87. The zero-order chi connectivity index (χ0) is 31.3. The highest BCUT2D eigenvalue weighted by atomic mass is 35.5. The number of anilines is 1. The van der Waals surface area contributed by atoms with E-state index in [2.05, 4.69) is 33.9 Å². The van der Waals surface area contributed by atoms with Gasteiger partial charge < -0.3 is 19.9 Å². The quantitative estimate of drug-likeness (QED) is 0.192. The molecule has 1 heterocycles. The van der Waals surface area contributed by atoms with Gasteiger partial charge in [0.15, 0.2) is 0 Å². The molecule has 1 atom stereocenters. The highest BCUT2D eigenvalue weighted by Gasteiger charge is 2.32. The van der Waals surface area contributed by atoms with E-state index in [4.69, 9.17) is 9.47 Å².